The molecule has 3 nitrogen and oxygen atoms in total. The largest absolute Gasteiger partial charge is 0.381 e. The molecule has 0 amide bonds. The van der Waals surface area contributed by atoms with Crippen LogP contribution in [-0.2, 0) is 9.47 Å². The van der Waals surface area contributed by atoms with Gasteiger partial charge in [0.15, 0.2) is 0 Å². The number of hydrogen-bond acceptors (Lipinski definition) is 3. The molecular formula is C9H17NO2. The highest BCUT2D eigenvalue weighted by molar-refractivity contribution is 4.79. The highest BCUT2D eigenvalue weighted by Crippen LogP contribution is 2.21. The van der Waals surface area contributed by atoms with Crippen molar-refractivity contribution in [3.8, 4) is 0 Å². The van der Waals surface area contributed by atoms with Crippen LogP contribution >= 0.6 is 0 Å². The van der Waals surface area contributed by atoms with Gasteiger partial charge in [0.25, 0.3) is 0 Å². The molecule has 12 heavy (non-hydrogen) atoms. The SMILES string of the molecule is CC1COC(C2CCCOC2)N1. The summed E-state index contributed by atoms with van der Waals surface area (Å²) in [4.78, 5) is 0. The molecule has 2 heterocycles. The topological polar surface area (TPSA) is 30.5 Å². The summed E-state index contributed by atoms with van der Waals surface area (Å²) in [5.74, 6) is 0.573. The molecule has 70 valence electrons. The quantitative estimate of drug-likeness (QED) is 0.631. The first-order valence-corrected chi connectivity index (χ1v) is 4.81. The van der Waals surface area contributed by atoms with Gasteiger partial charge in [-0.1, -0.05) is 0 Å². The van der Waals surface area contributed by atoms with Crippen LogP contribution in [0.15, 0.2) is 0 Å². The van der Waals surface area contributed by atoms with Gasteiger partial charge in [-0.15, -0.1) is 0 Å². The average molecular weight is 171 g/mol. The summed E-state index contributed by atoms with van der Waals surface area (Å²) < 4.78 is 11.0. The summed E-state index contributed by atoms with van der Waals surface area (Å²) in [7, 11) is 0. The van der Waals surface area contributed by atoms with E-state index in [2.05, 4.69) is 12.2 Å². The molecule has 2 rings (SSSR count). The smallest absolute Gasteiger partial charge is 0.113 e. The van der Waals surface area contributed by atoms with Crippen LogP contribution in [0.1, 0.15) is 19.8 Å². The number of nitrogens with one attached hydrogen (secondary N) is 1. The molecule has 0 aromatic rings. The number of hydrogen-bond donors (Lipinski definition) is 1. The van der Waals surface area contributed by atoms with Gasteiger partial charge in [-0.2, -0.15) is 0 Å². The minimum atomic E-state index is 0.250. The van der Waals surface area contributed by atoms with Gasteiger partial charge in [0, 0.05) is 18.6 Å². The van der Waals surface area contributed by atoms with Gasteiger partial charge in [0.1, 0.15) is 6.23 Å². The monoisotopic (exact) mass is 171 g/mol. The van der Waals surface area contributed by atoms with Crippen molar-refractivity contribution in [2.45, 2.75) is 32.0 Å². The predicted octanol–water partition coefficient (Wildman–Crippen LogP) is 0.747. The first-order valence-electron chi connectivity index (χ1n) is 4.81. The Morgan fingerprint density at radius 3 is 2.83 bits per heavy atom. The van der Waals surface area contributed by atoms with Gasteiger partial charge in [-0.25, -0.2) is 0 Å². The van der Waals surface area contributed by atoms with Crippen LogP contribution in [0.2, 0.25) is 0 Å². The lowest BCUT2D eigenvalue weighted by atomic mass is 10.0. The van der Waals surface area contributed by atoms with Crippen molar-refractivity contribution in [2.24, 2.45) is 5.92 Å². The molecule has 2 fully saturated rings. The van der Waals surface area contributed by atoms with E-state index in [4.69, 9.17) is 9.47 Å². The lowest BCUT2D eigenvalue weighted by Gasteiger charge is -2.26. The average Bonchev–Trinajstić information content (AvgIpc) is 2.54. The van der Waals surface area contributed by atoms with E-state index in [1.165, 1.54) is 12.8 Å². The Bertz CT molecular complexity index is 143. The van der Waals surface area contributed by atoms with Gasteiger partial charge >= 0.3 is 0 Å². The van der Waals surface area contributed by atoms with E-state index in [1.807, 2.05) is 0 Å². The fraction of sp³-hybridized carbons (Fsp3) is 1.00. The Kier molecular flexibility index (Phi) is 2.63. The van der Waals surface area contributed by atoms with Gasteiger partial charge in [0.05, 0.1) is 13.2 Å². The maximum Gasteiger partial charge on any atom is 0.113 e. The molecule has 0 bridgehead atoms. The second-order valence-electron chi connectivity index (χ2n) is 3.80. The third-order valence-electron chi connectivity index (χ3n) is 2.60. The molecule has 2 saturated heterocycles. The van der Waals surface area contributed by atoms with Gasteiger partial charge in [-0.05, 0) is 19.8 Å². The first kappa shape index (κ1) is 8.48. The van der Waals surface area contributed by atoms with Gasteiger partial charge in [-0.3, -0.25) is 5.32 Å². The van der Waals surface area contributed by atoms with Crippen molar-refractivity contribution in [3.05, 3.63) is 0 Å². The standard InChI is InChI=1S/C9H17NO2/c1-7-5-12-9(10-7)8-3-2-4-11-6-8/h7-10H,2-6H2,1H3. The normalized spacial score (nSPS) is 43.2. The third-order valence-corrected chi connectivity index (χ3v) is 2.60. The van der Waals surface area contributed by atoms with Crippen LogP contribution in [-0.4, -0.2) is 32.1 Å². The summed E-state index contributed by atoms with van der Waals surface area (Å²) in [6.45, 7) is 4.80. The molecule has 0 spiro atoms. The summed E-state index contributed by atoms with van der Waals surface area (Å²) in [6.07, 6.45) is 2.67. The Balaban J connectivity index is 1.83. The highest BCUT2D eigenvalue weighted by atomic mass is 16.5. The van der Waals surface area contributed by atoms with Crippen molar-refractivity contribution in [1.82, 2.24) is 5.32 Å². The Morgan fingerprint density at radius 1 is 1.33 bits per heavy atom. The zero-order valence-electron chi connectivity index (χ0n) is 7.58. The van der Waals surface area contributed by atoms with Crippen LogP contribution in [0.3, 0.4) is 0 Å². The van der Waals surface area contributed by atoms with E-state index in [-0.39, 0.29) is 6.23 Å². The fourth-order valence-corrected chi connectivity index (χ4v) is 1.90. The molecule has 0 saturated carbocycles. The summed E-state index contributed by atoms with van der Waals surface area (Å²) in [5, 5.41) is 3.42. The van der Waals surface area contributed by atoms with Crippen LogP contribution in [0.25, 0.3) is 0 Å². The summed E-state index contributed by atoms with van der Waals surface area (Å²) >= 11 is 0. The molecule has 0 radical (unpaired) electrons. The Labute approximate surface area is 73.4 Å². The summed E-state index contributed by atoms with van der Waals surface area (Å²) in [5.41, 5.74) is 0. The van der Waals surface area contributed by atoms with E-state index in [0.717, 1.165) is 19.8 Å². The second-order valence-corrected chi connectivity index (χ2v) is 3.80. The maximum absolute atomic E-state index is 5.61. The molecule has 2 aliphatic rings. The number of rotatable bonds is 1. The second kappa shape index (κ2) is 3.73. The van der Waals surface area contributed by atoms with Gasteiger partial charge in [0.2, 0.25) is 0 Å². The van der Waals surface area contributed by atoms with Crippen molar-refractivity contribution >= 4 is 0 Å². The molecule has 3 unspecified atom stereocenters. The van der Waals surface area contributed by atoms with Crippen molar-refractivity contribution in [3.63, 3.8) is 0 Å². The Hall–Kier alpha value is -0.120. The lowest BCUT2D eigenvalue weighted by Crippen LogP contribution is -2.38. The van der Waals surface area contributed by atoms with Crippen LogP contribution in [0, 0.1) is 5.92 Å². The predicted molar refractivity (Wildman–Crippen MR) is 45.9 cm³/mol. The number of ether oxygens (including phenoxy) is 2. The third kappa shape index (κ3) is 1.79. The van der Waals surface area contributed by atoms with Gasteiger partial charge < -0.3 is 9.47 Å². The first-order chi connectivity index (χ1) is 5.86. The molecule has 0 aliphatic carbocycles. The minimum absolute atomic E-state index is 0.250. The lowest BCUT2D eigenvalue weighted by molar-refractivity contribution is -0.0278. The van der Waals surface area contributed by atoms with E-state index in [0.29, 0.717) is 12.0 Å². The highest BCUT2D eigenvalue weighted by Gasteiger charge is 2.30. The van der Waals surface area contributed by atoms with Crippen molar-refractivity contribution in [1.29, 1.82) is 0 Å². The van der Waals surface area contributed by atoms with E-state index in [1.54, 1.807) is 0 Å². The molecule has 3 heteroatoms. The maximum atomic E-state index is 5.61. The fourth-order valence-electron chi connectivity index (χ4n) is 1.90. The van der Waals surface area contributed by atoms with E-state index < -0.39 is 0 Å². The molecule has 1 N–H and O–H groups in total. The van der Waals surface area contributed by atoms with Crippen LogP contribution in [0.5, 0.6) is 0 Å². The zero-order valence-corrected chi connectivity index (χ0v) is 7.58. The Morgan fingerprint density at radius 2 is 2.25 bits per heavy atom. The van der Waals surface area contributed by atoms with E-state index in [9.17, 15) is 0 Å². The minimum Gasteiger partial charge on any atom is -0.381 e. The van der Waals surface area contributed by atoms with Crippen molar-refractivity contribution in [2.75, 3.05) is 19.8 Å². The van der Waals surface area contributed by atoms with E-state index >= 15 is 0 Å². The molecular weight excluding hydrogens is 154 g/mol. The molecule has 3 atom stereocenters. The molecule has 0 aromatic heterocycles. The van der Waals surface area contributed by atoms with Crippen molar-refractivity contribution < 1.29 is 9.47 Å². The van der Waals surface area contributed by atoms with Crippen LogP contribution < -0.4 is 5.32 Å². The molecule has 0 aromatic carbocycles. The summed E-state index contributed by atoms with van der Waals surface area (Å²) in [6, 6.07) is 0.511. The molecule has 2 aliphatic heterocycles. The zero-order chi connectivity index (χ0) is 8.39. The van der Waals surface area contributed by atoms with Crippen LogP contribution in [0.4, 0.5) is 0 Å².